The Hall–Kier alpha value is -2.82. The molecule has 0 radical (unpaired) electrons. The molecule has 5 nitrogen and oxygen atoms in total. The summed E-state index contributed by atoms with van der Waals surface area (Å²) in [5, 5.41) is 5.61. The number of carbonyl (C=O) groups excluding carboxylic acids is 2. The number of anilines is 1. The van der Waals surface area contributed by atoms with Crippen molar-refractivity contribution in [3.05, 3.63) is 60.2 Å². The molecule has 0 heterocycles. The molecule has 0 aromatic heterocycles. The molecular formula is C19H22N2O3. The van der Waals surface area contributed by atoms with Gasteiger partial charge < -0.3 is 15.4 Å². The smallest absolute Gasteiger partial charge is 0.261 e. The highest BCUT2D eigenvalue weighted by Gasteiger charge is 2.17. The van der Waals surface area contributed by atoms with E-state index < -0.39 is 6.10 Å². The zero-order chi connectivity index (χ0) is 17.5. The molecule has 2 amide bonds. The van der Waals surface area contributed by atoms with Crippen molar-refractivity contribution in [2.45, 2.75) is 32.9 Å². The normalized spacial score (nSPS) is 12.8. The van der Waals surface area contributed by atoms with Crippen LogP contribution in [0.4, 0.5) is 5.69 Å². The van der Waals surface area contributed by atoms with E-state index in [4.69, 9.17) is 4.74 Å². The average Bonchev–Trinajstić information content (AvgIpc) is 2.56. The number of rotatable bonds is 6. The number of carbonyl (C=O) groups is 2. The molecule has 5 heteroatoms. The van der Waals surface area contributed by atoms with Crippen LogP contribution in [-0.2, 0) is 9.59 Å². The first kappa shape index (κ1) is 17.5. The molecule has 0 saturated carbocycles. The quantitative estimate of drug-likeness (QED) is 0.856. The molecule has 0 aliphatic rings. The van der Waals surface area contributed by atoms with E-state index in [-0.39, 0.29) is 17.9 Å². The zero-order valence-corrected chi connectivity index (χ0v) is 14.1. The van der Waals surface area contributed by atoms with Crippen molar-refractivity contribution in [2.24, 2.45) is 0 Å². The first-order chi connectivity index (χ1) is 11.5. The van der Waals surface area contributed by atoms with Gasteiger partial charge in [-0.05, 0) is 43.7 Å². The fourth-order valence-electron chi connectivity index (χ4n) is 2.23. The van der Waals surface area contributed by atoms with E-state index in [1.807, 2.05) is 37.3 Å². The predicted octanol–water partition coefficient (Wildman–Crippen LogP) is 3.29. The van der Waals surface area contributed by atoms with E-state index in [1.165, 1.54) is 6.92 Å². The summed E-state index contributed by atoms with van der Waals surface area (Å²) in [4.78, 5) is 23.2. The van der Waals surface area contributed by atoms with Crippen molar-refractivity contribution in [3.8, 4) is 5.75 Å². The van der Waals surface area contributed by atoms with Crippen molar-refractivity contribution >= 4 is 17.5 Å². The molecule has 0 aliphatic carbocycles. The lowest BCUT2D eigenvalue weighted by Crippen LogP contribution is -2.37. The highest BCUT2D eigenvalue weighted by molar-refractivity contribution is 5.88. The Kier molecular flexibility index (Phi) is 5.95. The van der Waals surface area contributed by atoms with Crippen LogP contribution in [0.25, 0.3) is 0 Å². The number of nitrogens with one attached hydrogen (secondary N) is 2. The van der Waals surface area contributed by atoms with Crippen LogP contribution in [0.1, 0.15) is 32.4 Å². The zero-order valence-electron chi connectivity index (χ0n) is 14.1. The maximum Gasteiger partial charge on any atom is 0.261 e. The van der Waals surface area contributed by atoms with Crippen LogP contribution in [0.2, 0.25) is 0 Å². The lowest BCUT2D eigenvalue weighted by molar-refractivity contribution is -0.128. The van der Waals surface area contributed by atoms with Crippen LogP contribution in [0, 0.1) is 0 Å². The van der Waals surface area contributed by atoms with Gasteiger partial charge in [0.1, 0.15) is 5.75 Å². The number of amides is 2. The predicted molar refractivity (Wildman–Crippen MR) is 93.8 cm³/mol. The minimum Gasteiger partial charge on any atom is -0.481 e. The van der Waals surface area contributed by atoms with Crippen LogP contribution in [-0.4, -0.2) is 17.9 Å². The highest BCUT2D eigenvalue weighted by atomic mass is 16.5. The summed E-state index contributed by atoms with van der Waals surface area (Å²) in [5.74, 6) is 0.253. The summed E-state index contributed by atoms with van der Waals surface area (Å²) in [6, 6.07) is 16.6. The highest BCUT2D eigenvalue weighted by Crippen LogP contribution is 2.17. The van der Waals surface area contributed by atoms with E-state index in [0.717, 1.165) is 5.56 Å². The fraction of sp³-hybridized carbons (Fsp3) is 0.263. The third-order valence-electron chi connectivity index (χ3n) is 3.52. The van der Waals surface area contributed by atoms with Crippen LogP contribution in [0.3, 0.4) is 0 Å². The molecule has 2 rings (SSSR count). The second-order valence-electron chi connectivity index (χ2n) is 5.61. The fourth-order valence-corrected chi connectivity index (χ4v) is 2.23. The lowest BCUT2D eigenvalue weighted by Gasteiger charge is -2.19. The monoisotopic (exact) mass is 326 g/mol. The molecule has 0 bridgehead atoms. The largest absolute Gasteiger partial charge is 0.481 e. The summed E-state index contributed by atoms with van der Waals surface area (Å²) in [6.45, 7) is 5.08. The third kappa shape index (κ3) is 5.12. The molecule has 2 aromatic rings. The van der Waals surface area contributed by atoms with Gasteiger partial charge in [-0.1, -0.05) is 30.3 Å². The van der Waals surface area contributed by atoms with E-state index >= 15 is 0 Å². The van der Waals surface area contributed by atoms with Crippen LogP contribution in [0.5, 0.6) is 5.75 Å². The van der Waals surface area contributed by atoms with Gasteiger partial charge in [-0.15, -0.1) is 0 Å². The Balaban J connectivity index is 1.90. The minimum atomic E-state index is -0.622. The van der Waals surface area contributed by atoms with Gasteiger partial charge >= 0.3 is 0 Å². The van der Waals surface area contributed by atoms with Crippen molar-refractivity contribution in [2.75, 3.05) is 5.32 Å². The topological polar surface area (TPSA) is 67.4 Å². The van der Waals surface area contributed by atoms with E-state index in [1.54, 1.807) is 31.2 Å². The summed E-state index contributed by atoms with van der Waals surface area (Å²) in [5.41, 5.74) is 1.72. The van der Waals surface area contributed by atoms with Gasteiger partial charge in [0.2, 0.25) is 5.91 Å². The number of ether oxygens (including phenoxy) is 1. The molecule has 2 N–H and O–H groups in total. The second-order valence-corrected chi connectivity index (χ2v) is 5.61. The minimum absolute atomic E-state index is 0.0908. The Morgan fingerprint density at radius 2 is 1.58 bits per heavy atom. The van der Waals surface area contributed by atoms with Crippen LogP contribution < -0.4 is 15.4 Å². The molecule has 0 unspecified atom stereocenters. The van der Waals surface area contributed by atoms with Gasteiger partial charge in [-0.25, -0.2) is 0 Å². The van der Waals surface area contributed by atoms with Gasteiger partial charge in [0.25, 0.3) is 5.91 Å². The number of benzene rings is 2. The van der Waals surface area contributed by atoms with E-state index in [9.17, 15) is 9.59 Å². The van der Waals surface area contributed by atoms with Gasteiger partial charge in [0, 0.05) is 12.6 Å². The molecule has 0 saturated heterocycles. The Morgan fingerprint density at radius 3 is 2.17 bits per heavy atom. The van der Waals surface area contributed by atoms with E-state index in [0.29, 0.717) is 11.4 Å². The maximum atomic E-state index is 12.3. The lowest BCUT2D eigenvalue weighted by atomic mass is 10.1. The number of hydrogen-bond donors (Lipinski definition) is 2. The molecule has 2 aromatic carbocycles. The van der Waals surface area contributed by atoms with Crippen molar-refractivity contribution < 1.29 is 14.3 Å². The van der Waals surface area contributed by atoms with Crippen molar-refractivity contribution in [1.29, 1.82) is 0 Å². The molecule has 0 aliphatic heterocycles. The van der Waals surface area contributed by atoms with Gasteiger partial charge in [0.05, 0.1) is 6.04 Å². The molecule has 0 fully saturated rings. The first-order valence-corrected chi connectivity index (χ1v) is 7.85. The van der Waals surface area contributed by atoms with Crippen LogP contribution in [0.15, 0.2) is 54.6 Å². The van der Waals surface area contributed by atoms with Gasteiger partial charge in [-0.2, -0.15) is 0 Å². The molecule has 24 heavy (non-hydrogen) atoms. The third-order valence-corrected chi connectivity index (χ3v) is 3.52. The van der Waals surface area contributed by atoms with Crippen LogP contribution >= 0.6 is 0 Å². The Morgan fingerprint density at radius 1 is 0.958 bits per heavy atom. The first-order valence-electron chi connectivity index (χ1n) is 7.85. The molecular weight excluding hydrogens is 304 g/mol. The second kappa shape index (κ2) is 8.15. The summed E-state index contributed by atoms with van der Waals surface area (Å²) in [6.07, 6.45) is -0.622. The summed E-state index contributed by atoms with van der Waals surface area (Å²) >= 11 is 0. The molecule has 2 atom stereocenters. The molecule has 0 spiro atoms. The SMILES string of the molecule is CC(=O)Nc1ccc(O[C@@H](C)C(=O)N[C@H](C)c2ccccc2)cc1. The standard InChI is InChI=1S/C19H22N2O3/c1-13(16-7-5-4-6-8-16)20-19(23)14(2)24-18-11-9-17(10-12-18)21-15(3)22/h4-14H,1-3H3,(H,20,23)(H,21,22)/t13-,14+/m1/s1. The van der Waals surface area contributed by atoms with Crippen molar-refractivity contribution in [3.63, 3.8) is 0 Å². The molecule has 126 valence electrons. The Bertz CT molecular complexity index is 684. The van der Waals surface area contributed by atoms with Gasteiger partial charge in [0.15, 0.2) is 6.10 Å². The number of hydrogen-bond acceptors (Lipinski definition) is 3. The maximum absolute atomic E-state index is 12.3. The van der Waals surface area contributed by atoms with Crippen molar-refractivity contribution in [1.82, 2.24) is 5.32 Å². The summed E-state index contributed by atoms with van der Waals surface area (Å²) in [7, 11) is 0. The van der Waals surface area contributed by atoms with E-state index in [2.05, 4.69) is 10.6 Å². The Labute approximate surface area is 142 Å². The average molecular weight is 326 g/mol. The van der Waals surface area contributed by atoms with Gasteiger partial charge in [-0.3, -0.25) is 9.59 Å². The summed E-state index contributed by atoms with van der Waals surface area (Å²) < 4.78 is 5.65.